The molecule has 3 aromatic rings. The zero-order valence-corrected chi connectivity index (χ0v) is 14.4. The second-order valence-electron chi connectivity index (χ2n) is 6.18. The van der Waals surface area contributed by atoms with Gasteiger partial charge in [-0.1, -0.05) is 48.5 Å². The van der Waals surface area contributed by atoms with Crippen LogP contribution in [0.15, 0.2) is 72.8 Å². The van der Waals surface area contributed by atoms with E-state index in [0.29, 0.717) is 12.8 Å². The molecule has 132 valence electrons. The number of benzene rings is 3. The molecule has 0 fully saturated rings. The maximum Gasteiger partial charge on any atom is 0.231 e. The Balaban J connectivity index is 1.87. The highest BCUT2D eigenvalue weighted by Gasteiger charge is 2.17. The lowest BCUT2D eigenvalue weighted by Crippen LogP contribution is -2.26. The van der Waals surface area contributed by atoms with Gasteiger partial charge in [-0.15, -0.1) is 0 Å². The molecule has 0 saturated carbocycles. The summed E-state index contributed by atoms with van der Waals surface area (Å²) in [6.45, 7) is 0. The number of carbonyl (C=O) groups is 2. The first-order chi connectivity index (χ1) is 12.6. The zero-order chi connectivity index (χ0) is 18.4. The van der Waals surface area contributed by atoms with Gasteiger partial charge in [0.2, 0.25) is 5.91 Å². The van der Waals surface area contributed by atoms with Gasteiger partial charge >= 0.3 is 0 Å². The van der Waals surface area contributed by atoms with E-state index in [1.54, 1.807) is 4.90 Å². The molecule has 0 aromatic heterocycles. The predicted molar refractivity (Wildman–Crippen MR) is 101 cm³/mol. The number of carboxylic acids is 1. The number of carbonyl (C=O) groups excluding carboxylic acids is 2. The molecule has 0 aliphatic heterocycles. The molecular weight excluding hydrogens is 326 g/mol. The van der Waals surface area contributed by atoms with Gasteiger partial charge < -0.3 is 9.90 Å². The molecule has 4 heteroatoms. The molecule has 0 aliphatic carbocycles. The molecule has 0 radical (unpaired) electrons. The summed E-state index contributed by atoms with van der Waals surface area (Å²) in [7, 11) is 0. The topological polar surface area (TPSA) is 60.4 Å². The summed E-state index contributed by atoms with van der Waals surface area (Å²) in [6.07, 6.45) is 1.22. The number of hydrogen-bond acceptors (Lipinski definition) is 3. The quantitative estimate of drug-likeness (QED) is 0.611. The fourth-order valence-electron chi connectivity index (χ4n) is 2.99. The van der Waals surface area contributed by atoms with Gasteiger partial charge in [0, 0.05) is 23.8 Å². The minimum absolute atomic E-state index is 0.0193. The Morgan fingerprint density at radius 2 is 1.38 bits per heavy atom. The molecule has 0 bridgehead atoms. The third kappa shape index (κ3) is 4.28. The molecule has 0 N–H and O–H groups in total. The predicted octanol–water partition coefficient (Wildman–Crippen LogP) is 3.81. The molecule has 0 atom stereocenters. The second-order valence-corrected chi connectivity index (χ2v) is 6.18. The van der Waals surface area contributed by atoms with Crippen LogP contribution in [-0.4, -0.2) is 11.9 Å². The molecule has 1 amide bonds. The van der Waals surface area contributed by atoms with Crippen LogP contribution in [0.3, 0.4) is 0 Å². The summed E-state index contributed by atoms with van der Waals surface area (Å²) >= 11 is 0. The lowest BCUT2D eigenvalue weighted by Gasteiger charge is -2.23. The van der Waals surface area contributed by atoms with Crippen molar-refractivity contribution in [2.75, 3.05) is 4.90 Å². The molecule has 26 heavy (non-hydrogen) atoms. The minimum atomic E-state index is -1.08. The van der Waals surface area contributed by atoms with Crippen LogP contribution in [0.4, 0.5) is 11.4 Å². The lowest BCUT2D eigenvalue weighted by atomic mass is 10.1. The van der Waals surface area contributed by atoms with Crippen LogP contribution in [0.5, 0.6) is 0 Å². The van der Waals surface area contributed by atoms with Crippen molar-refractivity contribution in [2.45, 2.75) is 25.7 Å². The molecule has 0 spiro atoms. The fraction of sp³-hybridized carbons (Fsp3) is 0.182. The van der Waals surface area contributed by atoms with E-state index < -0.39 is 5.97 Å². The number of unbranched alkanes of at least 4 members (excludes halogenated alkanes) is 1. The third-order valence-corrected chi connectivity index (χ3v) is 4.28. The Labute approximate surface area is 152 Å². The Morgan fingerprint density at radius 3 is 2.12 bits per heavy atom. The van der Waals surface area contributed by atoms with Crippen LogP contribution < -0.4 is 10.0 Å². The molecular formula is C22H20NO3-. The molecule has 0 aliphatic rings. The van der Waals surface area contributed by atoms with Crippen molar-refractivity contribution in [1.82, 2.24) is 0 Å². The normalized spacial score (nSPS) is 10.6. The van der Waals surface area contributed by atoms with Gasteiger partial charge in [0.1, 0.15) is 0 Å². The van der Waals surface area contributed by atoms with Crippen molar-refractivity contribution in [3.8, 4) is 0 Å². The van der Waals surface area contributed by atoms with E-state index in [9.17, 15) is 14.7 Å². The highest BCUT2D eigenvalue weighted by molar-refractivity contribution is 6.02. The van der Waals surface area contributed by atoms with Gasteiger partial charge in [0.25, 0.3) is 0 Å². The van der Waals surface area contributed by atoms with Gasteiger partial charge in [0.05, 0.1) is 0 Å². The van der Waals surface area contributed by atoms with Gasteiger partial charge in [-0.2, -0.15) is 0 Å². The number of fused-ring (bicyclic) bond motifs is 1. The first-order valence-corrected chi connectivity index (χ1v) is 8.72. The van der Waals surface area contributed by atoms with E-state index in [0.717, 1.165) is 22.1 Å². The Hall–Kier alpha value is -3.14. The van der Waals surface area contributed by atoms with Crippen molar-refractivity contribution in [3.63, 3.8) is 0 Å². The molecule has 3 rings (SSSR count). The third-order valence-electron chi connectivity index (χ3n) is 4.28. The number of anilines is 2. The van der Waals surface area contributed by atoms with E-state index in [1.165, 1.54) is 0 Å². The lowest BCUT2D eigenvalue weighted by molar-refractivity contribution is -0.305. The molecule has 0 saturated heterocycles. The van der Waals surface area contributed by atoms with E-state index >= 15 is 0 Å². The van der Waals surface area contributed by atoms with E-state index in [4.69, 9.17) is 0 Å². The van der Waals surface area contributed by atoms with Crippen LogP contribution in [-0.2, 0) is 9.59 Å². The molecule has 4 nitrogen and oxygen atoms in total. The van der Waals surface area contributed by atoms with E-state index in [1.807, 2.05) is 72.8 Å². The van der Waals surface area contributed by atoms with Crippen molar-refractivity contribution in [1.29, 1.82) is 0 Å². The number of hydrogen-bond donors (Lipinski definition) is 0. The number of aliphatic carboxylic acids is 1. The average molecular weight is 346 g/mol. The summed E-state index contributed by atoms with van der Waals surface area (Å²) in [5, 5.41) is 12.7. The smallest absolute Gasteiger partial charge is 0.231 e. The largest absolute Gasteiger partial charge is 0.550 e. The maximum atomic E-state index is 12.9. The number of carboxylic acid groups (broad SMARTS) is 1. The minimum Gasteiger partial charge on any atom is -0.550 e. The van der Waals surface area contributed by atoms with Crippen molar-refractivity contribution >= 4 is 34.0 Å². The van der Waals surface area contributed by atoms with Crippen LogP contribution in [0.1, 0.15) is 25.7 Å². The first-order valence-electron chi connectivity index (χ1n) is 8.72. The van der Waals surface area contributed by atoms with Crippen molar-refractivity contribution < 1.29 is 14.7 Å². The Morgan fingerprint density at radius 1 is 0.731 bits per heavy atom. The van der Waals surface area contributed by atoms with Gasteiger partial charge in [0.15, 0.2) is 0 Å². The van der Waals surface area contributed by atoms with Crippen LogP contribution in [0.2, 0.25) is 0 Å². The van der Waals surface area contributed by atoms with Crippen LogP contribution in [0.25, 0.3) is 10.8 Å². The van der Waals surface area contributed by atoms with Gasteiger partial charge in [-0.25, -0.2) is 0 Å². The second kappa shape index (κ2) is 8.30. The summed E-state index contributed by atoms with van der Waals surface area (Å²) in [5.74, 6) is -1.13. The van der Waals surface area contributed by atoms with E-state index in [2.05, 4.69) is 0 Å². The highest BCUT2D eigenvalue weighted by atomic mass is 16.4. The number of para-hydroxylation sites is 1. The summed E-state index contributed by atoms with van der Waals surface area (Å²) < 4.78 is 0. The van der Waals surface area contributed by atoms with E-state index in [-0.39, 0.29) is 18.7 Å². The Bertz CT molecular complexity index is 905. The molecule has 0 heterocycles. The summed E-state index contributed by atoms with van der Waals surface area (Å²) in [6, 6.07) is 23.5. The standard InChI is InChI=1S/C22H21NO3/c24-21(12-6-7-13-22(25)26)23(19-10-2-1-3-11-19)20-15-14-17-8-4-5-9-18(17)16-20/h1-5,8-11,14-16H,6-7,12-13H2,(H,25,26)/p-1. The maximum absolute atomic E-state index is 12.9. The fourth-order valence-corrected chi connectivity index (χ4v) is 2.99. The average Bonchev–Trinajstić information content (AvgIpc) is 2.66. The summed E-state index contributed by atoms with van der Waals surface area (Å²) in [5.41, 5.74) is 1.60. The molecule has 0 unspecified atom stereocenters. The van der Waals surface area contributed by atoms with Gasteiger partial charge in [-0.05, 0) is 54.3 Å². The number of nitrogens with zero attached hydrogens (tertiary/aromatic N) is 1. The van der Waals surface area contributed by atoms with Crippen LogP contribution >= 0.6 is 0 Å². The first kappa shape index (κ1) is 17.7. The van der Waals surface area contributed by atoms with Crippen molar-refractivity contribution in [2.24, 2.45) is 0 Å². The highest BCUT2D eigenvalue weighted by Crippen LogP contribution is 2.29. The Kier molecular flexibility index (Phi) is 5.64. The monoisotopic (exact) mass is 346 g/mol. The van der Waals surface area contributed by atoms with Crippen LogP contribution in [0, 0.1) is 0 Å². The number of amides is 1. The SMILES string of the molecule is O=C([O-])CCCCC(=O)N(c1ccccc1)c1ccc2ccccc2c1. The molecule has 3 aromatic carbocycles. The number of rotatable bonds is 7. The van der Waals surface area contributed by atoms with Crippen molar-refractivity contribution in [3.05, 3.63) is 72.8 Å². The zero-order valence-electron chi connectivity index (χ0n) is 14.4. The summed E-state index contributed by atoms with van der Waals surface area (Å²) in [4.78, 5) is 25.1. The van der Waals surface area contributed by atoms with Gasteiger partial charge in [-0.3, -0.25) is 9.69 Å².